The smallest absolute Gasteiger partial charge is 0.238 e. The Labute approximate surface area is 119 Å². The second kappa shape index (κ2) is 8.16. The van der Waals surface area contributed by atoms with Gasteiger partial charge in [0.15, 0.2) is 0 Å². The summed E-state index contributed by atoms with van der Waals surface area (Å²) in [6, 6.07) is 7.08. The third kappa shape index (κ3) is 5.27. The van der Waals surface area contributed by atoms with Gasteiger partial charge in [-0.2, -0.15) is 0 Å². The van der Waals surface area contributed by atoms with Gasteiger partial charge in [-0.25, -0.2) is 0 Å². The number of nitrogens with zero attached hydrogens (tertiary/aromatic N) is 1. The van der Waals surface area contributed by atoms with E-state index in [1.807, 2.05) is 6.92 Å². The highest BCUT2D eigenvalue weighted by Gasteiger charge is 2.13. The van der Waals surface area contributed by atoms with Gasteiger partial charge in [-0.1, -0.05) is 19.1 Å². The number of anilines is 2. The molecule has 0 spiro atoms. The second-order valence-electron chi connectivity index (χ2n) is 4.52. The highest BCUT2D eigenvalue weighted by Crippen LogP contribution is 2.16. The number of carbonyl (C=O) groups excluding carboxylic acids is 2. The molecule has 0 aliphatic carbocycles. The Balaban J connectivity index is 2.57. The molecule has 0 aliphatic heterocycles. The van der Waals surface area contributed by atoms with E-state index in [-0.39, 0.29) is 24.9 Å². The van der Waals surface area contributed by atoms with Crippen molar-refractivity contribution in [2.45, 2.75) is 13.3 Å². The molecule has 0 aromatic heterocycles. The standard InChI is InChI=1S/C14H22N4O2/c1-3-8-18(9-13(19)16-2)10-14(20)17-12-7-5-4-6-11(12)15/h4-7H,3,8-10,15H2,1-2H3,(H,16,19)(H,17,20). The molecule has 2 amide bonds. The summed E-state index contributed by atoms with van der Waals surface area (Å²) in [5, 5.41) is 5.31. The summed E-state index contributed by atoms with van der Waals surface area (Å²) in [6.45, 7) is 3.06. The maximum atomic E-state index is 12.0. The minimum Gasteiger partial charge on any atom is -0.397 e. The van der Waals surface area contributed by atoms with Crippen LogP contribution in [0.25, 0.3) is 0 Å². The maximum absolute atomic E-state index is 12.0. The van der Waals surface area contributed by atoms with Crippen molar-refractivity contribution >= 4 is 23.2 Å². The molecular weight excluding hydrogens is 256 g/mol. The minimum atomic E-state index is -0.180. The van der Waals surface area contributed by atoms with Gasteiger partial charge in [0.05, 0.1) is 24.5 Å². The Morgan fingerprint density at radius 3 is 2.45 bits per heavy atom. The van der Waals surface area contributed by atoms with E-state index in [1.165, 1.54) is 0 Å². The number of nitrogens with two attached hydrogens (primary N) is 1. The molecule has 1 rings (SSSR count). The van der Waals surface area contributed by atoms with E-state index in [0.29, 0.717) is 17.9 Å². The van der Waals surface area contributed by atoms with Crippen LogP contribution >= 0.6 is 0 Å². The van der Waals surface area contributed by atoms with Crippen LogP contribution in [-0.2, 0) is 9.59 Å². The molecule has 1 aromatic rings. The van der Waals surface area contributed by atoms with E-state index >= 15 is 0 Å². The fourth-order valence-electron chi connectivity index (χ4n) is 1.82. The summed E-state index contributed by atoms with van der Waals surface area (Å²) in [5.41, 5.74) is 6.88. The van der Waals surface area contributed by atoms with E-state index < -0.39 is 0 Å². The van der Waals surface area contributed by atoms with Crippen LogP contribution in [0.3, 0.4) is 0 Å². The Kier molecular flexibility index (Phi) is 6.52. The first kappa shape index (κ1) is 16.0. The fraction of sp³-hybridized carbons (Fsp3) is 0.429. The first-order chi connectivity index (χ1) is 9.56. The molecule has 4 N–H and O–H groups in total. The van der Waals surface area contributed by atoms with Crippen molar-refractivity contribution in [2.75, 3.05) is 37.7 Å². The molecule has 20 heavy (non-hydrogen) atoms. The molecule has 0 aliphatic rings. The summed E-state index contributed by atoms with van der Waals surface area (Å²) in [5.74, 6) is -0.286. The summed E-state index contributed by atoms with van der Waals surface area (Å²) in [6.07, 6.45) is 0.873. The monoisotopic (exact) mass is 278 g/mol. The zero-order valence-corrected chi connectivity index (χ0v) is 12.0. The predicted molar refractivity (Wildman–Crippen MR) is 80.3 cm³/mol. The largest absolute Gasteiger partial charge is 0.397 e. The summed E-state index contributed by atoms with van der Waals surface area (Å²) < 4.78 is 0. The molecule has 6 heteroatoms. The molecule has 110 valence electrons. The van der Waals surface area contributed by atoms with Gasteiger partial charge in [0, 0.05) is 7.05 Å². The highest BCUT2D eigenvalue weighted by molar-refractivity contribution is 5.95. The van der Waals surface area contributed by atoms with Crippen LogP contribution in [0.2, 0.25) is 0 Å². The zero-order valence-electron chi connectivity index (χ0n) is 12.0. The lowest BCUT2D eigenvalue weighted by Crippen LogP contribution is -2.40. The van der Waals surface area contributed by atoms with Crippen LogP contribution in [0.5, 0.6) is 0 Å². The Bertz CT molecular complexity index is 462. The highest BCUT2D eigenvalue weighted by atomic mass is 16.2. The number of benzene rings is 1. The van der Waals surface area contributed by atoms with Gasteiger partial charge in [0.25, 0.3) is 0 Å². The summed E-state index contributed by atoms with van der Waals surface area (Å²) in [7, 11) is 1.58. The number of likely N-dealkylation sites (N-methyl/N-ethyl adjacent to an activating group) is 1. The van der Waals surface area contributed by atoms with Gasteiger partial charge >= 0.3 is 0 Å². The van der Waals surface area contributed by atoms with Gasteiger partial charge in [-0.15, -0.1) is 0 Å². The number of hydrogen-bond acceptors (Lipinski definition) is 4. The number of nitrogen functional groups attached to an aromatic ring is 1. The van der Waals surface area contributed by atoms with Gasteiger partial charge in [-0.3, -0.25) is 14.5 Å². The molecule has 0 radical (unpaired) electrons. The third-order valence-corrected chi connectivity index (χ3v) is 2.79. The van der Waals surface area contributed by atoms with Crippen molar-refractivity contribution in [1.82, 2.24) is 10.2 Å². The number of hydrogen-bond donors (Lipinski definition) is 3. The lowest BCUT2D eigenvalue weighted by Gasteiger charge is -2.20. The van der Waals surface area contributed by atoms with Crippen molar-refractivity contribution < 1.29 is 9.59 Å². The zero-order chi connectivity index (χ0) is 15.0. The Hall–Kier alpha value is -2.08. The maximum Gasteiger partial charge on any atom is 0.238 e. The van der Waals surface area contributed by atoms with Crippen LogP contribution in [-0.4, -0.2) is 43.4 Å². The average Bonchev–Trinajstić information content (AvgIpc) is 2.41. The minimum absolute atomic E-state index is 0.106. The Morgan fingerprint density at radius 1 is 1.20 bits per heavy atom. The van der Waals surface area contributed by atoms with Crippen LogP contribution in [0.1, 0.15) is 13.3 Å². The summed E-state index contributed by atoms with van der Waals surface area (Å²) in [4.78, 5) is 25.2. The molecular formula is C14H22N4O2. The van der Waals surface area contributed by atoms with Crippen LogP contribution in [0.4, 0.5) is 11.4 Å². The van der Waals surface area contributed by atoms with Crippen molar-refractivity contribution in [3.63, 3.8) is 0 Å². The molecule has 0 saturated carbocycles. The molecule has 1 aromatic carbocycles. The summed E-state index contributed by atoms with van der Waals surface area (Å²) >= 11 is 0. The average molecular weight is 278 g/mol. The first-order valence-corrected chi connectivity index (χ1v) is 6.64. The quantitative estimate of drug-likeness (QED) is 0.640. The van der Waals surface area contributed by atoms with Gasteiger partial charge in [-0.05, 0) is 25.1 Å². The SMILES string of the molecule is CCCN(CC(=O)NC)CC(=O)Nc1ccccc1N. The van der Waals surface area contributed by atoms with Crippen molar-refractivity contribution in [3.05, 3.63) is 24.3 Å². The molecule has 0 unspecified atom stereocenters. The number of amides is 2. The van der Waals surface area contributed by atoms with E-state index in [2.05, 4.69) is 10.6 Å². The van der Waals surface area contributed by atoms with Gasteiger partial charge in [0.2, 0.25) is 11.8 Å². The molecule has 0 atom stereocenters. The predicted octanol–water partition coefficient (Wildman–Crippen LogP) is 0.665. The van der Waals surface area contributed by atoms with Crippen LogP contribution in [0.15, 0.2) is 24.3 Å². The second-order valence-corrected chi connectivity index (χ2v) is 4.52. The number of carbonyl (C=O) groups is 2. The molecule has 0 saturated heterocycles. The van der Waals surface area contributed by atoms with Crippen molar-refractivity contribution in [2.24, 2.45) is 0 Å². The lowest BCUT2D eigenvalue weighted by atomic mass is 10.2. The molecule has 6 nitrogen and oxygen atoms in total. The lowest BCUT2D eigenvalue weighted by molar-refractivity contribution is -0.123. The van der Waals surface area contributed by atoms with E-state index in [4.69, 9.17) is 5.73 Å². The van der Waals surface area contributed by atoms with Crippen molar-refractivity contribution in [3.8, 4) is 0 Å². The van der Waals surface area contributed by atoms with E-state index in [9.17, 15) is 9.59 Å². The van der Waals surface area contributed by atoms with Gasteiger partial charge < -0.3 is 16.4 Å². The normalized spacial score (nSPS) is 10.3. The van der Waals surface area contributed by atoms with Gasteiger partial charge in [0.1, 0.15) is 0 Å². The van der Waals surface area contributed by atoms with Crippen molar-refractivity contribution in [1.29, 1.82) is 0 Å². The molecule has 0 bridgehead atoms. The number of rotatable bonds is 7. The molecule has 0 fully saturated rings. The van der Waals surface area contributed by atoms with E-state index in [0.717, 1.165) is 6.42 Å². The topological polar surface area (TPSA) is 87.5 Å². The number of nitrogens with one attached hydrogen (secondary N) is 2. The fourth-order valence-corrected chi connectivity index (χ4v) is 1.82. The third-order valence-electron chi connectivity index (χ3n) is 2.79. The Morgan fingerprint density at radius 2 is 1.85 bits per heavy atom. The first-order valence-electron chi connectivity index (χ1n) is 6.64. The van der Waals surface area contributed by atoms with Crippen LogP contribution < -0.4 is 16.4 Å². The number of para-hydroxylation sites is 2. The molecule has 0 heterocycles. The van der Waals surface area contributed by atoms with E-state index in [1.54, 1.807) is 36.2 Å². The van der Waals surface area contributed by atoms with Crippen LogP contribution in [0, 0.1) is 0 Å².